The van der Waals surface area contributed by atoms with Crippen LogP contribution >= 0.6 is 11.6 Å². The van der Waals surface area contributed by atoms with Crippen LogP contribution in [0.1, 0.15) is 45.2 Å². The topological polar surface area (TPSA) is 42.3 Å². The van der Waals surface area contributed by atoms with Crippen molar-refractivity contribution in [3.05, 3.63) is 18.0 Å². The number of nitrogens with zero attached hydrogens (tertiary/aromatic N) is 2. The Morgan fingerprint density at radius 2 is 2.10 bits per heavy atom. The van der Waals surface area contributed by atoms with Gasteiger partial charge in [-0.25, -0.2) is 8.42 Å². The first-order valence-electron chi connectivity index (χ1n) is 7.78. The van der Waals surface area contributed by atoms with E-state index in [9.17, 15) is 8.42 Å². The zero-order valence-electron chi connectivity index (χ0n) is 12.9. The van der Waals surface area contributed by atoms with Gasteiger partial charge in [-0.05, 0) is 31.2 Å². The zero-order valence-corrected chi connectivity index (χ0v) is 14.5. The van der Waals surface area contributed by atoms with E-state index in [1.165, 1.54) is 6.42 Å². The summed E-state index contributed by atoms with van der Waals surface area (Å²) in [4.78, 5) is 0.382. The van der Waals surface area contributed by atoms with Gasteiger partial charge in [-0.2, -0.15) is 4.31 Å². The molecule has 0 radical (unpaired) electrons. The highest BCUT2D eigenvalue weighted by molar-refractivity contribution is 7.89. The normalized spacial score (nSPS) is 16.4. The van der Waals surface area contributed by atoms with Gasteiger partial charge in [0.15, 0.2) is 0 Å². The summed E-state index contributed by atoms with van der Waals surface area (Å²) in [6.07, 6.45) is 6.22. The Morgan fingerprint density at radius 1 is 1.38 bits per heavy atom. The summed E-state index contributed by atoms with van der Waals surface area (Å²) in [6.45, 7) is 5.94. The van der Waals surface area contributed by atoms with Crippen molar-refractivity contribution in [3.63, 3.8) is 0 Å². The van der Waals surface area contributed by atoms with Crippen LogP contribution in [0.3, 0.4) is 0 Å². The van der Waals surface area contributed by atoms with Crippen LogP contribution in [0, 0.1) is 5.92 Å². The van der Waals surface area contributed by atoms with E-state index in [1.54, 1.807) is 16.6 Å². The lowest BCUT2D eigenvalue weighted by Gasteiger charge is -2.30. The largest absolute Gasteiger partial charge is 0.349 e. The minimum Gasteiger partial charge on any atom is -0.349 e. The smallest absolute Gasteiger partial charge is 0.244 e. The molecule has 21 heavy (non-hydrogen) atoms. The number of aromatic nitrogens is 1. The van der Waals surface area contributed by atoms with Gasteiger partial charge < -0.3 is 4.57 Å². The molecule has 1 aliphatic carbocycles. The summed E-state index contributed by atoms with van der Waals surface area (Å²) >= 11 is 5.93. The predicted molar refractivity (Wildman–Crippen MR) is 86.1 cm³/mol. The van der Waals surface area contributed by atoms with Crippen molar-refractivity contribution >= 4 is 21.6 Å². The number of sulfonamides is 1. The first-order valence-corrected chi connectivity index (χ1v) is 9.75. The van der Waals surface area contributed by atoms with Gasteiger partial charge in [-0.15, -0.1) is 11.6 Å². The van der Waals surface area contributed by atoms with Crippen molar-refractivity contribution in [1.29, 1.82) is 0 Å². The van der Waals surface area contributed by atoms with Gasteiger partial charge in [-0.3, -0.25) is 0 Å². The molecule has 1 fully saturated rings. The third kappa shape index (κ3) is 3.63. The molecule has 6 heteroatoms. The Morgan fingerprint density at radius 3 is 2.57 bits per heavy atom. The van der Waals surface area contributed by atoms with E-state index in [0.717, 1.165) is 31.5 Å². The average Bonchev–Trinajstić information content (AvgIpc) is 2.81. The Labute approximate surface area is 133 Å². The van der Waals surface area contributed by atoms with Crippen molar-refractivity contribution in [2.45, 2.75) is 56.9 Å². The van der Waals surface area contributed by atoms with Crippen molar-refractivity contribution < 1.29 is 8.42 Å². The molecule has 0 unspecified atom stereocenters. The van der Waals surface area contributed by atoms with E-state index < -0.39 is 10.0 Å². The fourth-order valence-corrected chi connectivity index (χ4v) is 4.56. The minimum atomic E-state index is -3.40. The van der Waals surface area contributed by atoms with E-state index in [4.69, 9.17) is 11.6 Å². The third-order valence-electron chi connectivity index (χ3n) is 4.24. The number of halogens is 1. The summed E-state index contributed by atoms with van der Waals surface area (Å²) in [6, 6.07) is 1.72. The first kappa shape index (κ1) is 16.8. The van der Waals surface area contributed by atoms with Gasteiger partial charge in [0.1, 0.15) is 4.90 Å². The van der Waals surface area contributed by atoms with Crippen molar-refractivity contribution in [2.75, 3.05) is 13.1 Å². The number of alkyl halides is 1. The molecular formula is C15H25ClN2O2S. The third-order valence-corrected chi connectivity index (χ3v) is 6.42. The van der Waals surface area contributed by atoms with E-state index in [0.29, 0.717) is 29.8 Å². The molecule has 0 aliphatic heterocycles. The monoisotopic (exact) mass is 332 g/mol. The number of aryl methyl sites for hydroxylation is 1. The molecule has 0 saturated heterocycles. The molecule has 1 heterocycles. The molecule has 2 rings (SSSR count). The molecule has 120 valence electrons. The predicted octanol–water partition coefficient (Wildman–Crippen LogP) is 3.45. The van der Waals surface area contributed by atoms with Crippen LogP contribution in [-0.2, 0) is 22.4 Å². The van der Waals surface area contributed by atoms with Crippen molar-refractivity contribution in [1.82, 2.24) is 8.87 Å². The lowest BCUT2D eigenvalue weighted by molar-refractivity contribution is 0.250. The summed E-state index contributed by atoms with van der Waals surface area (Å²) in [5.41, 5.74) is 0.872. The Hall–Kier alpha value is -0.520. The molecule has 1 aromatic heterocycles. The maximum atomic E-state index is 12.8. The van der Waals surface area contributed by atoms with Gasteiger partial charge >= 0.3 is 0 Å². The van der Waals surface area contributed by atoms with E-state index in [2.05, 4.69) is 6.92 Å². The summed E-state index contributed by atoms with van der Waals surface area (Å²) in [5.74, 6) is 0.870. The number of hydrogen-bond acceptors (Lipinski definition) is 2. The second-order valence-corrected chi connectivity index (χ2v) is 7.95. The fourth-order valence-electron chi connectivity index (χ4n) is 2.74. The molecule has 0 atom stereocenters. The highest BCUT2D eigenvalue weighted by atomic mass is 35.5. The molecule has 1 aliphatic rings. The summed E-state index contributed by atoms with van der Waals surface area (Å²) < 4.78 is 29.2. The molecule has 4 nitrogen and oxygen atoms in total. The Balaban J connectivity index is 2.23. The lowest BCUT2D eigenvalue weighted by atomic mass is 9.85. The van der Waals surface area contributed by atoms with Crippen molar-refractivity contribution in [2.24, 2.45) is 5.92 Å². The van der Waals surface area contributed by atoms with Crippen LogP contribution in [0.2, 0.25) is 0 Å². The molecule has 0 bridgehead atoms. The van der Waals surface area contributed by atoms with E-state index in [-0.39, 0.29) is 0 Å². The quantitative estimate of drug-likeness (QED) is 0.684. The summed E-state index contributed by atoms with van der Waals surface area (Å²) in [5, 5.41) is 0. The van der Waals surface area contributed by atoms with Crippen LogP contribution in [0.25, 0.3) is 0 Å². The Bertz CT molecular complexity index is 564. The molecule has 0 aromatic carbocycles. The van der Waals surface area contributed by atoms with Crippen LogP contribution in [0.15, 0.2) is 17.2 Å². The van der Waals surface area contributed by atoms with E-state index in [1.807, 2.05) is 11.5 Å². The maximum absolute atomic E-state index is 12.8. The molecule has 0 N–H and O–H groups in total. The van der Waals surface area contributed by atoms with E-state index >= 15 is 0 Å². The highest BCUT2D eigenvalue weighted by Crippen LogP contribution is 2.29. The van der Waals surface area contributed by atoms with Crippen LogP contribution in [0.5, 0.6) is 0 Å². The molecule has 1 aromatic rings. The Kier molecular flexibility index (Phi) is 5.74. The maximum Gasteiger partial charge on any atom is 0.244 e. The van der Waals surface area contributed by atoms with Gasteiger partial charge in [0.2, 0.25) is 10.0 Å². The number of rotatable bonds is 8. The molecular weight excluding hydrogens is 308 g/mol. The van der Waals surface area contributed by atoms with Crippen LogP contribution in [-0.4, -0.2) is 30.4 Å². The van der Waals surface area contributed by atoms with Crippen LogP contribution in [0.4, 0.5) is 0 Å². The van der Waals surface area contributed by atoms with Gasteiger partial charge in [-0.1, -0.05) is 20.3 Å². The average molecular weight is 333 g/mol. The van der Waals surface area contributed by atoms with Gasteiger partial charge in [0.05, 0.1) is 5.88 Å². The van der Waals surface area contributed by atoms with Crippen LogP contribution < -0.4 is 0 Å². The van der Waals surface area contributed by atoms with Crippen molar-refractivity contribution in [3.8, 4) is 0 Å². The molecule has 0 spiro atoms. The highest BCUT2D eigenvalue weighted by Gasteiger charge is 2.29. The number of hydrogen-bond donors (Lipinski definition) is 0. The fraction of sp³-hybridized carbons (Fsp3) is 0.733. The second kappa shape index (κ2) is 7.16. The zero-order chi connectivity index (χ0) is 15.5. The standard InChI is InChI=1S/C15H25ClN2O2S/c1-3-8-17-12-15(9-14(17)10-16)21(19,20)18(4-2)11-13-6-5-7-13/h9,12-13H,3-8,10-11H2,1-2H3. The van der Waals surface area contributed by atoms with Gasteiger partial charge in [0.25, 0.3) is 0 Å². The lowest BCUT2D eigenvalue weighted by Crippen LogP contribution is -2.37. The second-order valence-electron chi connectivity index (χ2n) is 5.75. The molecule has 1 saturated carbocycles. The van der Waals surface area contributed by atoms with Gasteiger partial charge in [0, 0.05) is 31.5 Å². The SMILES string of the molecule is CCCn1cc(S(=O)(=O)N(CC)CC2CCC2)cc1CCl. The minimum absolute atomic E-state index is 0.338. The molecule has 0 amide bonds. The summed E-state index contributed by atoms with van der Waals surface area (Å²) in [7, 11) is -3.40. The first-order chi connectivity index (χ1) is 10.0.